The molecule has 1 heterocycles. The molecule has 0 fully saturated rings. The summed E-state index contributed by atoms with van der Waals surface area (Å²) in [7, 11) is 0. The number of hydrogen-bond donors (Lipinski definition) is 1. The lowest BCUT2D eigenvalue weighted by Crippen LogP contribution is -1.99. The van der Waals surface area contributed by atoms with E-state index >= 15 is 0 Å². The van der Waals surface area contributed by atoms with Gasteiger partial charge in [-0.25, -0.2) is 4.98 Å². The molecule has 0 spiro atoms. The fourth-order valence-electron chi connectivity index (χ4n) is 1.11. The third kappa shape index (κ3) is 1.57. The Labute approximate surface area is 94.0 Å². The zero-order valence-electron chi connectivity index (χ0n) is 7.03. The number of rotatable bonds is 2. The van der Waals surface area contributed by atoms with Gasteiger partial charge in [0.05, 0.1) is 5.33 Å². The van der Waals surface area contributed by atoms with E-state index in [1.54, 1.807) is 12.1 Å². The summed E-state index contributed by atoms with van der Waals surface area (Å²) in [4.78, 5) is 16.0. The number of alkyl halides is 1. The minimum Gasteiger partial charge on any atom is -0.432 e. The van der Waals surface area contributed by atoms with Gasteiger partial charge >= 0.3 is 0 Å². The average molecular weight is 272 g/mol. The van der Waals surface area contributed by atoms with E-state index in [9.17, 15) is 4.79 Å². The van der Waals surface area contributed by atoms with Crippen molar-refractivity contribution in [2.75, 3.05) is 5.33 Å². The molecule has 0 unspecified atom stereocenters. The molecule has 0 N–H and O–H groups in total. The number of aromatic nitrogens is 1. The van der Waals surface area contributed by atoms with Gasteiger partial charge in [0.15, 0.2) is 5.58 Å². The monoisotopic (exact) mass is 271 g/mol. The normalized spacial score (nSPS) is 10.7. The molecule has 1 aromatic carbocycles. The van der Waals surface area contributed by atoms with E-state index in [0.717, 1.165) is 0 Å². The molecule has 2 aromatic rings. The first-order valence-electron chi connectivity index (χ1n) is 3.90. The number of oxazole rings is 1. The van der Waals surface area contributed by atoms with Crippen LogP contribution in [-0.4, -0.2) is 16.1 Å². The van der Waals surface area contributed by atoms with Crippen LogP contribution in [0.25, 0.3) is 11.1 Å². The molecule has 0 amide bonds. The molecule has 0 radical (unpaired) electrons. The maximum Gasteiger partial charge on any atom is 0.265 e. The van der Waals surface area contributed by atoms with Crippen molar-refractivity contribution in [2.24, 2.45) is 0 Å². The summed E-state index contributed by atoms with van der Waals surface area (Å²) in [6.45, 7) is 0. The van der Waals surface area contributed by atoms with E-state index in [1.165, 1.54) is 0 Å². The maximum atomic E-state index is 11.3. The van der Waals surface area contributed by atoms with Crippen molar-refractivity contribution in [2.45, 2.75) is 4.90 Å². The van der Waals surface area contributed by atoms with Gasteiger partial charge in [0.2, 0.25) is 5.78 Å². The molecule has 0 bridgehead atoms. The molecule has 0 atom stereocenters. The zero-order valence-corrected chi connectivity index (χ0v) is 9.51. The van der Waals surface area contributed by atoms with Crippen LogP contribution in [0.2, 0.25) is 0 Å². The molecule has 0 aliphatic carbocycles. The van der Waals surface area contributed by atoms with Crippen LogP contribution in [0, 0.1) is 0 Å². The number of fused-ring (bicyclic) bond motifs is 1. The number of thiol groups is 1. The smallest absolute Gasteiger partial charge is 0.265 e. The van der Waals surface area contributed by atoms with Crippen LogP contribution < -0.4 is 0 Å². The SMILES string of the molecule is O=C(CBr)c1nc2cccc(S)c2o1. The van der Waals surface area contributed by atoms with Gasteiger partial charge in [-0.3, -0.25) is 4.79 Å². The molecule has 5 heteroatoms. The maximum absolute atomic E-state index is 11.3. The molecule has 3 nitrogen and oxygen atoms in total. The van der Waals surface area contributed by atoms with Gasteiger partial charge in [0.25, 0.3) is 5.89 Å². The summed E-state index contributed by atoms with van der Waals surface area (Å²) in [5.41, 5.74) is 1.21. The predicted octanol–water partition coefficient (Wildman–Crippen LogP) is 2.69. The molecule has 2 rings (SSSR count). The molecule has 14 heavy (non-hydrogen) atoms. The van der Waals surface area contributed by atoms with Crippen LogP contribution in [0.3, 0.4) is 0 Å². The van der Waals surface area contributed by atoms with Crippen LogP contribution in [-0.2, 0) is 0 Å². The van der Waals surface area contributed by atoms with Crippen molar-refractivity contribution in [3.05, 3.63) is 24.1 Å². The Morgan fingerprint density at radius 3 is 3.00 bits per heavy atom. The fourth-order valence-corrected chi connectivity index (χ4v) is 1.60. The molecule has 0 saturated carbocycles. The minimum absolute atomic E-state index is 0.123. The summed E-state index contributed by atoms with van der Waals surface area (Å²) in [6.07, 6.45) is 0. The molecular weight excluding hydrogens is 266 g/mol. The number of carbonyl (C=O) groups excluding carboxylic acids is 1. The number of nitrogens with zero attached hydrogens (tertiary/aromatic N) is 1. The van der Waals surface area contributed by atoms with Crippen LogP contribution in [0.1, 0.15) is 10.7 Å². The number of Topliss-reactive ketones (excluding diaryl/α,β-unsaturated/α-hetero) is 1. The molecule has 0 aliphatic heterocycles. The van der Waals surface area contributed by atoms with Crippen LogP contribution in [0.5, 0.6) is 0 Å². The van der Waals surface area contributed by atoms with Crippen molar-refractivity contribution in [1.29, 1.82) is 0 Å². The number of carbonyl (C=O) groups is 1. The number of hydrogen-bond acceptors (Lipinski definition) is 4. The minimum atomic E-state index is -0.172. The first kappa shape index (κ1) is 9.73. The zero-order chi connectivity index (χ0) is 10.1. The van der Waals surface area contributed by atoms with Gasteiger partial charge in [0, 0.05) is 4.90 Å². The second kappa shape index (κ2) is 3.74. The van der Waals surface area contributed by atoms with Crippen LogP contribution in [0.15, 0.2) is 27.5 Å². The van der Waals surface area contributed by atoms with Gasteiger partial charge in [-0.15, -0.1) is 12.6 Å². The van der Waals surface area contributed by atoms with E-state index in [1.807, 2.05) is 6.07 Å². The standard InChI is InChI=1S/C9H6BrNO2S/c10-4-6(12)9-11-5-2-1-3-7(14)8(5)13-9/h1-3,14H,4H2. The summed E-state index contributed by atoms with van der Waals surface area (Å²) in [5, 5.41) is 0.210. The molecule has 0 saturated heterocycles. The molecule has 72 valence electrons. The summed E-state index contributed by atoms with van der Waals surface area (Å²) in [6, 6.07) is 5.39. The Balaban J connectivity index is 2.62. The number of ketones is 1. The predicted molar refractivity (Wildman–Crippen MR) is 59.4 cm³/mol. The third-order valence-electron chi connectivity index (χ3n) is 1.75. The number of benzene rings is 1. The highest BCUT2D eigenvalue weighted by atomic mass is 79.9. The summed E-state index contributed by atoms with van der Waals surface area (Å²) >= 11 is 7.26. The van der Waals surface area contributed by atoms with Crippen LogP contribution in [0.4, 0.5) is 0 Å². The quantitative estimate of drug-likeness (QED) is 0.519. The topological polar surface area (TPSA) is 43.1 Å². The van der Waals surface area contributed by atoms with E-state index in [4.69, 9.17) is 4.42 Å². The molecule has 0 aliphatic rings. The van der Waals surface area contributed by atoms with Crippen molar-refractivity contribution in [1.82, 2.24) is 4.98 Å². The highest BCUT2D eigenvalue weighted by Crippen LogP contribution is 2.22. The first-order valence-corrected chi connectivity index (χ1v) is 5.47. The third-order valence-corrected chi connectivity index (χ3v) is 2.62. The van der Waals surface area contributed by atoms with Gasteiger partial charge in [0.1, 0.15) is 5.52 Å². The van der Waals surface area contributed by atoms with Crippen molar-refractivity contribution in [3.8, 4) is 0 Å². The highest BCUT2D eigenvalue weighted by molar-refractivity contribution is 9.09. The van der Waals surface area contributed by atoms with E-state index < -0.39 is 0 Å². The average Bonchev–Trinajstić information content (AvgIpc) is 2.62. The number of halogens is 1. The first-order chi connectivity index (χ1) is 6.72. The Morgan fingerprint density at radius 1 is 1.57 bits per heavy atom. The Kier molecular flexibility index (Phi) is 2.60. The molecule has 1 aromatic heterocycles. The van der Waals surface area contributed by atoms with Gasteiger partial charge < -0.3 is 4.42 Å². The Bertz CT molecular complexity index is 495. The Hall–Kier alpha value is -0.810. The van der Waals surface area contributed by atoms with Crippen LogP contribution >= 0.6 is 28.6 Å². The highest BCUT2D eigenvalue weighted by Gasteiger charge is 2.13. The van der Waals surface area contributed by atoms with Gasteiger partial charge in [-0.05, 0) is 12.1 Å². The second-order valence-corrected chi connectivity index (χ2v) is 3.74. The van der Waals surface area contributed by atoms with E-state index in [-0.39, 0.29) is 17.0 Å². The summed E-state index contributed by atoms with van der Waals surface area (Å²) in [5.74, 6) is -0.0488. The fraction of sp³-hybridized carbons (Fsp3) is 0.111. The van der Waals surface area contributed by atoms with Gasteiger partial charge in [-0.2, -0.15) is 0 Å². The largest absolute Gasteiger partial charge is 0.432 e. The Morgan fingerprint density at radius 2 is 2.36 bits per heavy atom. The van der Waals surface area contributed by atoms with Crippen molar-refractivity contribution in [3.63, 3.8) is 0 Å². The van der Waals surface area contributed by atoms with Gasteiger partial charge in [-0.1, -0.05) is 22.0 Å². The lowest BCUT2D eigenvalue weighted by Gasteiger charge is -1.89. The second-order valence-electron chi connectivity index (χ2n) is 2.70. The van der Waals surface area contributed by atoms with Crippen molar-refractivity contribution >= 4 is 45.4 Å². The van der Waals surface area contributed by atoms with E-state index in [2.05, 4.69) is 33.5 Å². The van der Waals surface area contributed by atoms with Crippen molar-refractivity contribution < 1.29 is 9.21 Å². The molecular formula is C9H6BrNO2S. The summed E-state index contributed by atoms with van der Waals surface area (Å²) < 4.78 is 5.28. The lowest BCUT2D eigenvalue weighted by atomic mass is 10.3. The number of para-hydroxylation sites is 1. The lowest BCUT2D eigenvalue weighted by molar-refractivity contribution is 0.0989. The van der Waals surface area contributed by atoms with E-state index in [0.29, 0.717) is 16.0 Å².